The molecule has 1 aliphatic heterocycles. The number of hydrogen-bond donors (Lipinski definition) is 1. The van der Waals surface area contributed by atoms with Gasteiger partial charge in [0.1, 0.15) is 12.4 Å². The normalized spacial score (nSPS) is 17.6. The van der Waals surface area contributed by atoms with Crippen LogP contribution < -0.4 is 10.1 Å². The lowest BCUT2D eigenvalue weighted by Crippen LogP contribution is -2.40. The van der Waals surface area contributed by atoms with E-state index in [0.29, 0.717) is 19.1 Å². The van der Waals surface area contributed by atoms with Gasteiger partial charge in [0.05, 0.1) is 12.7 Å². The molecule has 1 unspecified atom stereocenters. The van der Waals surface area contributed by atoms with E-state index in [0.717, 1.165) is 37.8 Å². The molecule has 1 aliphatic rings. The number of guanidine groups is 1. The van der Waals surface area contributed by atoms with E-state index in [1.807, 2.05) is 30.1 Å². The lowest BCUT2D eigenvalue weighted by molar-refractivity contribution is 0.327. The van der Waals surface area contributed by atoms with E-state index in [1.54, 1.807) is 0 Å². The first-order chi connectivity index (χ1) is 12.7. The second kappa shape index (κ2) is 8.74. The van der Waals surface area contributed by atoms with Gasteiger partial charge in [0, 0.05) is 38.8 Å². The molecule has 1 aromatic heterocycles. The van der Waals surface area contributed by atoms with Gasteiger partial charge in [0.2, 0.25) is 0 Å². The van der Waals surface area contributed by atoms with Crippen LogP contribution in [0.3, 0.4) is 0 Å². The van der Waals surface area contributed by atoms with Crippen molar-refractivity contribution in [1.82, 2.24) is 20.0 Å². The highest BCUT2D eigenvalue weighted by Gasteiger charge is 2.26. The van der Waals surface area contributed by atoms with E-state index in [2.05, 4.69) is 47.5 Å². The molecule has 6 heteroatoms. The van der Waals surface area contributed by atoms with E-state index in [-0.39, 0.29) is 0 Å². The van der Waals surface area contributed by atoms with Crippen LogP contribution in [-0.4, -0.2) is 53.4 Å². The van der Waals surface area contributed by atoms with Gasteiger partial charge < -0.3 is 15.0 Å². The van der Waals surface area contributed by atoms with Crippen LogP contribution in [0.2, 0.25) is 0 Å². The van der Waals surface area contributed by atoms with Gasteiger partial charge in [-0.15, -0.1) is 0 Å². The Kier molecular flexibility index (Phi) is 6.15. The molecule has 26 heavy (non-hydrogen) atoms. The van der Waals surface area contributed by atoms with Gasteiger partial charge in [-0.1, -0.05) is 17.7 Å². The van der Waals surface area contributed by atoms with Crippen LogP contribution >= 0.6 is 0 Å². The quantitative estimate of drug-likeness (QED) is 0.492. The van der Waals surface area contributed by atoms with Crippen LogP contribution in [-0.2, 0) is 7.05 Å². The maximum Gasteiger partial charge on any atom is 0.194 e. The Morgan fingerprint density at radius 2 is 2.15 bits per heavy atom. The van der Waals surface area contributed by atoms with Crippen LogP contribution in [0.5, 0.6) is 5.75 Å². The summed E-state index contributed by atoms with van der Waals surface area (Å²) < 4.78 is 7.66. The number of nitrogens with one attached hydrogen (secondary N) is 1. The molecule has 0 amide bonds. The molecule has 1 N–H and O–H groups in total. The summed E-state index contributed by atoms with van der Waals surface area (Å²) in [5.74, 6) is 2.40. The standard InChI is InChI=1S/C20H29N5O/c1-4-21-20(22-10-12-26-19-7-5-16(2)6-8-19)25-11-9-17(15-25)18-13-23-24(3)14-18/h5-8,13-14,17H,4,9-12,15H2,1-3H3,(H,21,22). The average molecular weight is 355 g/mol. The second-order valence-electron chi connectivity index (χ2n) is 6.78. The Balaban J connectivity index is 1.53. The summed E-state index contributed by atoms with van der Waals surface area (Å²) in [6, 6.07) is 8.13. The summed E-state index contributed by atoms with van der Waals surface area (Å²) in [5, 5.41) is 7.71. The molecular weight excluding hydrogens is 326 g/mol. The number of aryl methyl sites for hydroxylation is 2. The highest BCUT2D eigenvalue weighted by atomic mass is 16.5. The van der Waals surface area contributed by atoms with Crippen molar-refractivity contribution < 1.29 is 4.74 Å². The number of rotatable bonds is 6. The molecule has 2 aromatic rings. The first kappa shape index (κ1) is 18.3. The molecule has 2 heterocycles. The number of hydrogen-bond acceptors (Lipinski definition) is 3. The van der Waals surface area contributed by atoms with Crippen molar-refractivity contribution in [1.29, 1.82) is 0 Å². The Hall–Kier alpha value is -2.50. The summed E-state index contributed by atoms with van der Waals surface area (Å²) >= 11 is 0. The lowest BCUT2D eigenvalue weighted by Gasteiger charge is -2.21. The van der Waals surface area contributed by atoms with Crippen molar-refractivity contribution in [3.63, 3.8) is 0 Å². The van der Waals surface area contributed by atoms with E-state index in [1.165, 1.54) is 11.1 Å². The first-order valence-electron chi connectivity index (χ1n) is 9.37. The summed E-state index contributed by atoms with van der Waals surface area (Å²) in [6.07, 6.45) is 5.23. The fraction of sp³-hybridized carbons (Fsp3) is 0.500. The van der Waals surface area contributed by atoms with Crippen LogP contribution in [0.15, 0.2) is 41.7 Å². The molecule has 140 valence electrons. The molecule has 1 aromatic carbocycles. The largest absolute Gasteiger partial charge is 0.492 e. The number of aliphatic imine (C=N–C) groups is 1. The monoisotopic (exact) mass is 355 g/mol. The molecular formula is C20H29N5O. The summed E-state index contributed by atoms with van der Waals surface area (Å²) in [4.78, 5) is 7.09. The topological polar surface area (TPSA) is 54.7 Å². The number of aromatic nitrogens is 2. The van der Waals surface area contributed by atoms with Gasteiger partial charge in [-0.3, -0.25) is 4.68 Å². The zero-order valence-electron chi connectivity index (χ0n) is 16.0. The minimum atomic E-state index is 0.524. The maximum absolute atomic E-state index is 5.78. The first-order valence-corrected chi connectivity index (χ1v) is 9.37. The Morgan fingerprint density at radius 3 is 2.85 bits per heavy atom. The van der Waals surface area contributed by atoms with Crippen LogP contribution in [0, 0.1) is 6.92 Å². The highest BCUT2D eigenvalue weighted by Crippen LogP contribution is 2.26. The predicted octanol–water partition coefficient (Wildman–Crippen LogP) is 2.56. The lowest BCUT2D eigenvalue weighted by atomic mass is 10.0. The highest BCUT2D eigenvalue weighted by molar-refractivity contribution is 5.80. The summed E-state index contributed by atoms with van der Waals surface area (Å²) in [7, 11) is 1.97. The Labute approximate surface area is 155 Å². The van der Waals surface area contributed by atoms with Crippen LogP contribution in [0.1, 0.15) is 30.4 Å². The van der Waals surface area contributed by atoms with Crippen LogP contribution in [0.4, 0.5) is 0 Å². The Bertz CT molecular complexity index is 722. The van der Waals surface area contributed by atoms with Crippen molar-refractivity contribution in [2.24, 2.45) is 12.0 Å². The number of benzene rings is 1. The third kappa shape index (κ3) is 4.77. The van der Waals surface area contributed by atoms with Gasteiger partial charge >= 0.3 is 0 Å². The molecule has 0 bridgehead atoms. The number of likely N-dealkylation sites (tertiary alicyclic amines) is 1. The van der Waals surface area contributed by atoms with Gasteiger partial charge in [0.25, 0.3) is 0 Å². The molecule has 1 atom stereocenters. The molecule has 0 saturated carbocycles. The molecule has 1 saturated heterocycles. The van der Waals surface area contributed by atoms with Crippen molar-refractivity contribution >= 4 is 5.96 Å². The Morgan fingerprint density at radius 1 is 1.35 bits per heavy atom. The van der Waals surface area contributed by atoms with Crippen molar-refractivity contribution in [3.8, 4) is 5.75 Å². The molecule has 1 fully saturated rings. The minimum absolute atomic E-state index is 0.524. The van der Waals surface area contributed by atoms with Gasteiger partial charge in [-0.2, -0.15) is 5.10 Å². The molecule has 6 nitrogen and oxygen atoms in total. The van der Waals surface area contributed by atoms with E-state index < -0.39 is 0 Å². The summed E-state index contributed by atoms with van der Waals surface area (Å²) in [6.45, 7) is 8.27. The number of ether oxygens (including phenoxy) is 1. The van der Waals surface area contributed by atoms with Crippen LogP contribution in [0.25, 0.3) is 0 Å². The number of nitrogens with zero attached hydrogens (tertiary/aromatic N) is 4. The SMILES string of the molecule is CCNC(=NCCOc1ccc(C)cc1)N1CCC(c2cnn(C)c2)C1. The average Bonchev–Trinajstić information content (AvgIpc) is 3.28. The van der Waals surface area contributed by atoms with E-state index in [4.69, 9.17) is 9.73 Å². The van der Waals surface area contributed by atoms with E-state index in [9.17, 15) is 0 Å². The molecule has 3 rings (SSSR count). The molecule has 0 spiro atoms. The zero-order valence-corrected chi connectivity index (χ0v) is 16.0. The van der Waals surface area contributed by atoms with Crippen molar-refractivity contribution in [2.45, 2.75) is 26.2 Å². The molecule has 0 aliphatic carbocycles. The fourth-order valence-electron chi connectivity index (χ4n) is 3.25. The van der Waals surface area contributed by atoms with Gasteiger partial charge in [-0.25, -0.2) is 4.99 Å². The smallest absolute Gasteiger partial charge is 0.194 e. The zero-order chi connectivity index (χ0) is 18.4. The molecule has 0 radical (unpaired) electrons. The summed E-state index contributed by atoms with van der Waals surface area (Å²) in [5.41, 5.74) is 2.55. The third-order valence-corrected chi connectivity index (χ3v) is 4.66. The van der Waals surface area contributed by atoms with Gasteiger partial charge in [-0.05, 0) is 38.0 Å². The maximum atomic E-state index is 5.78. The third-order valence-electron chi connectivity index (χ3n) is 4.66. The van der Waals surface area contributed by atoms with E-state index >= 15 is 0 Å². The second-order valence-corrected chi connectivity index (χ2v) is 6.78. The van der Waals surface area contributed by atoms with Gasteiger partial charge in [0.15, 0.2) is 5.96 Å². The fourth-order valence-corrected chi connectivity index (χ4v) is 3.25. The predicted molar refractivity (Wildman–Crippen MR) is 105 cm³/mol. The minimum Gasteiger partial charge on any atom is -0.492 e. The van der Waals surface area contributed by atoms with Crippen molar-refractivity contribution in [3.05, 3.63) is 47.8 Å². The van der Waals surface area contributed by atoms with Crippen molar-refractivity contribution in [2.75, 3.05) is 32.8 Å².